The minimum absolute atomic E-state index is 0.215. The number of pyridine rings is 1. The molecule has 1 saturated heterocycles. The topological polar surface area (TPSA) is 74.6 Å². The summed E-state index contributed by atoms with van der Waals surface area (Å²) in [5.41, 5.74) is 0.974. The first-order valence-electron chi connectivity index (χ1n) is 9.84. The van der Waals surface area contributed by atoms with Gasteiger partial charge in [-0.2, -0.15) is 9.97 Å². The molecule has 0 aromatic carbocycles. The van der Waals surface area contributed by atoms with E-state index < -0.39 is 5.60 Å². The molecule has 1 saturated carbocycles. The van der Waals surface area contributed by atoms with Crippen molar-refractivity contribution < 1.29 is 9.84 Å². The molecule has 2 aromatic heterocycles. The first-order valence-corrected chi connectivity index (χ1v) is 10.6. The van der Waals surface area contributed by atoms with E-state index in [1.807, 2.05) is 13.0 Å². The van der Waals surface area contributed by atoms with Crippen molar-refractivity contribution in [1.29, 1.82) is 0 Å². The maximum atomic E-state index is 10.5. The van der Waals surface area contributed by atoms with Gasteiger partial charge in [0.05, 0.1) is 17.7 Å². The molecule has 28 heavy (non-hydrogen) atoms. The first kappa shape index (κ1) is 19.8. The van der Waals surface area contributed by atoms with Crippen LogP contribution < -0.4 is 9.64 Å². The third kappa shape index (κ3) is 4.39. The van der Waals surface area contributed by atoms with E-state index in [-0.39, 0.29) is 5.41 Å². The molecule has 4 rings (SSSR count). The van der Waals surface area contributed by atoms with E-state index in [0.29, 0.717) is 19.2 Å². The zero-order valence-corrected chi connectivity index (χ0v) is 18.4. The second-order valence-electron chi connectivity index (χ2n) is 8.90. The maximum absolute atomic E-state index is 10.5. The molecule has 0 amide bonds. The van der Waals surface area contributed by atoms with E-state index in [9.17, 15) is 5.11 Å². The van der Waals surface area contributed by atoms with Gasteiger partial charge in [-0.3, -0.25) is 0 Å². The lowest BCUT2D eigenvalue weighted by Crippen LogP contribution is -2.46. The van der Waals surface area contributed by atoms with Crippen molar-refractivity contribution in [1.82, 2.24) is 19.9 Å². The van der Waals surface area contributed by atoms with Crippen LogP contribution in [0.5, 0.6) is 6.01 Å². The van der Waals surface area contributed by atoms with Crippen LogP contribution >= 0.6 is 15.9 Å². The average Bonchev–Trinajstić information content (AvgIpc) is 3.37. The fourth-order valence-electron chi connectivity index (χ4n) is 4.06. The van der Waals surface area contributed by atoms with Gasteiger partial charge >= 0.3 is 6.01 Å². The highest BCUT2D eigenvalue weighted by Crippen LogP contribution is 2.46. The van der Waals surface area contributed by atoms with Crippen LogP contribution in [-0.2, 0) is 0 Å². The van der Waals surface area contributed by atoms with Gasteiger partial charge < -0.3 is 19.6 Å². The summed E-state index contributed by atoms with van der Waals surface area (Å²) in [4.78, 5) is 18.2. The molecule has 1 aliphatic carbocycles. The summed E-state index contributed by atoms with van der Waals surface area (Å²) < 4.78 is 6.95. The molecule has 7 nitrogen and oxygen atoms in total. The molecule has 1 N–H and O–H groups in total. The second kappa shape index (κ2) is 7.39. The largest absolute Gasteiger partial charge is 0.463 e. The van der Waals surface area contributed by atoms with Crippen molar-refractivity contribution in [2.45, 2.75) is 38.2 Å². The van der Waals surface area contributed by atoms with Crippen molar-refractivity contribution in [2.24, 2.45) is 5.41 Å². The standard InChI is InChI=1S/C20H28BrN5O2/c1-19(27)5-4-8-26(11-19)17-16-15(9-14(21)10-22-16)23-18(24-17)28-13-20(6-7-20)12-25(2)3/h9-10,27H,4-8,11-13H2,1-3H3. The number of hydrogen-bond acceptors (Lipinski definition) is 7. The van der Waals surface area contributed by atoms with Crippen LogP contribution in [0.4, 0.5) is 5.82 Å². The number of fused-ring (bicyclic) bond motifs is 1. The number of piperidine rings is 1. The number of aliphatic hydroxyl groups is 1. The Balaban J connectivity index is 1.64. The van der Waals surface area contributed by atoms with Gasteiger partial charge in [0.2, 0.25) is 0 Å². The highest BCUT2D eigenvalue weighted by atomic mass is 79.9. The molecule has 2 aromatic rings. The van der Waals surface area contributed by atoms with Crippen molar-refractivity contribution in [3.8, 4) is 6.01 Å². The zero-order valence-electron chi connectivity index (χ0n) is 16.8. The molecule has 3 heterocycles. The molecule has 1 aliphatic heterocycles. The van der Waals surface area contributed by atoms with Gasteiger partial charge in [-0.1, -0.05) is 0 Å². The van der Waals surface area contributed by atoms with Crippen LogP contribution in [0, 0.1) is 5.41 Å². The first-order chi connectivity index (χ1) is 13.3. The normalized spacial score (nSPS) is 24.0. The van der Waals surface area contributed by atoms with Crippen molar-refractivity contribution >= 4 is 32.8 Å². The Bertz CT molecular complexity index is 869. The summed E-state index contributed by atoms with van der Waals surface area (Å²) in [5, 5.41) is 10.5. The molecular formula is C20H28BrN5O2. The van der Waals surface area contributed by atoms with Crippen LogP contribution in [0.25, 0.3) is 11.0 Å². The van der Waals surface area contributed by atoms with E-state index in [1.165, 1.54) is 12.8 Å². The number of aromatic nitrogens is 3. The summed E-state index contributed by atoms with van der Waals surface area (Å²) in [6, 6.07) is 2.33. The van der Waals surface area contributed by atoms with Crippen molar-refractivity contribution in [3.05, 3.63) is 16.7 Å². The lowest BCUT2D eigenvalue weighted by atomic mass is 9.95. The number of halogens is 1. The lowest BCUT2D eigenvalue weighted by molar-refractivity contribution is 0.0447. The highest BCUT2D eigenvalue weighted by molar-refractivity contribution is 9.10. The van der Waals surface area contributed by atoms with Gasteiger partial charge in [-0.05, 0) is 68.7 Å². The number of anilines is 1. The third-order valence-corrected chi connectivity index (χ3v) is 5.99. The summed E-state index contributed by atoms with van der Waals surface area (Å²) >= 11 is 3.48. The minimum atomic E-state index is -0.726. The Morgan fingerprint density at radius 3 is 2.75 bits per heavy atom. The maximum Gasteiger partial charge on any atom is 0.319 e. The Morgan fingerprint density at radius 1 is 1.29 bits per heavy atom. The van der Waals surface area contributed by atoms with Crippen LogP contribution in [0.1, 0.15) is 32.6 Å². The van der Waals surface area contributed by atoms with Crippen molar-refractivity contribution in [3.63, 3.8) is 0 Å². The number of hydrogen-bond donors (Lipinski definition) is 1. The number of nitrogens with zero attached hydrogens (tertiary/aromatic N) is 5. The van der Waals surface area contributed by atoms with E-state index in [4.69, 9.17) is 9.72 Å². The fraction of sp³-hybridized carbons (Fsp3) is 0.650. The van der Waals surface area contributed by atoms with Crippen LogP contribution in [0.2, 0.25) is 0 Å². The summed E-state index contributed by atoms with van der Waals surface area (Å²) in [5.74, 6) is 0.741. The Morgan fingerprint density at radius 2 is 2.07 bits per heavy atom. The Labute approximate surface area is 174 Å². The SMILES string of the molecule is CN(C)CC1(COc2nc(N3CCCC(C)(O)C3)c3ncc(Br)cc3n2)CC1. The van der Waals surface area contributed by atoms with Gasteiger partial charge in [0, 0.05) is 35.7 Å². The van der Waals surface area contributed by atoms with Gasteiger partial charge in [-0.15, -0.1) is 0 Å². The highest BCUT2D eigenvalue weighted by Gasteiger charge is 2.44. The lowest BCUT2D eigenvalue weighted by Gasteiger charge is -2.37. The molecule has 0 bridgehead atoms. The Hall–Kier alpha value is -1.51. The molecule has 152 valence electrons. The minimum Gasteiger partial charge on any atom is -0.463 e. The van der Waals surface area contributed by atoms with E-state index in [0.717, 1.165) is 47.3 Å². The van der Waals surface area contributed by atoms with Gasteiger partial charge in [0.25, 0.3) is 0 Å². The fourth-order valence-corrected chi connectivity index (χ4v) is 4.38. The number of rotatable bonds is 6. The van der Waals surface area contributed by atoms with Crippen LogP contribution in [-0.4, -0.2) is 70.9 Å². The summed E-state index contributed by atoms with van der Waals surface area (Å²) in [6.07, 6.45) is 5.81. The van der Waals surface area contributed by atoms with Gasteiger partial charge in [-0.25, -0.2) is 4.98 Å². The third-order valence-electron chi connectivity index (χ3n) is 5.55. The van der Waals surface area contributed by atoms with E-state index >= 15 is 0 Å². The Kier molecular flexibility index (Phi) is 5.22. The molecule has 8 heteroatoms. The van der Waals surface area contributed by atoms with E-state index in [1.54, 1.807) is 6.20 Å². The number of β-amino-alcohol motifs (C(OH)–C–C–N with tert-alkyl or cyclic N) is 1. The van der Waals surface area contributed by atoms with Crippen molar-refractivity contribution in [2.75, 3.05) is 45.2 Å². The van der Waals surface area contributed by atoms with Crippen LogP contribution in [0.15, 0.2) is 16.7 Å². The molecule has 0 spiro atoms. The smallest absolute Gasteiger partial charge is 0.319 e. The molecule has 2 aliphatic rings. The quantitative estimate of drug-likeness (QED) is 0.726. The molecule has 0 radical (unpaired) electrons. The van der Waals surface area contributed by atoms with Gasteiger partial charge in [0.15, 0.2) is 5.82 Å². The monoisotopic (exact) mass is 449 g/mol. The van der Waals surface area contributed by atoms with Gasteiger partial charge in [0.1, 0.15) is 5.52 Å². The predicted octanol–water partition coefficient (Wildman–Crippen LogP) is 2.86. The predicted molar refractivity (Wildman–Crippen MR) is 113 cm³/mol. The molecular weight excluding hydrogens is 422 g/mol. The average molecular weight is 450 g/mol. The zero-order chi connectivity index (χ0) is 19.9. The number of ether oxygens (including phenoxy) is 1. The van der Waals surface area contributed by atoms with Crippen LogP contribution in [0.3, 0.4) is 0 Å². The summed E-state index contributed by atoms with van der Waals surface area (Å²) in [7, 11) is 4.19. The second-order valence-corrected chi connectivity index (χ2v) is 9.82. The summed E-state index contributed by atoms with van der Waals surface area (Å²) in [6.45, 7) is 4.87. The van der Waals surface area contributed by atoms with E-state index in [2.05, 4.69) is 49.8 Å². The molecule has 2 fully saturated rings. The molecule has 1 atom stereocenters. The molecule has 1 unspecified atom stereocenters.